The molecule has 3 heterocycles. The number of rotatable bonds is 5. The molecule has 0 aliphatic carbocycles. The van der Waals surface area contributed by atoms with Crippen LogP contribution in [0.3, 0.4) is 0 Å². The van der Waals surface area contributed by atoms with E-state index in [0.717, 1.165) is 29.3 Å². The van der Waals surface area contributed by atoms with Crippen molar-refractivity contribution in [3.63, 3.8) is 0 Å². The lowest BCUT2D eigenvalue weighted by Crippen LogP contribution is -2.14. The van der Waals surface area contributed by atoms with Gasteiger partial charge in [-0.15, -0.1) is 0 Å². The molecule has 0 bridgehead atoms. The number of benzene rings is 9. The summed E-state index contributed by atoms with van der Waals surface area (Å²) in [5, 5.41) is 7.14. The normalized spacial score (nSPS) is 12.8. The Bertz CT molecular complexity index is 3260. The summed E-state index contributed by atoms with van der Waals surface area (Å²) in [5.74, 6) is 0. The van der Waals surface area contributed by atoms with Gasteiger partial charge in [-0.25, -0.2) is 0 Å². The maximum absolute atomic E-state index is 3.52. The Balaban J connectivity index is 1.11. The molecule has 0 spiro atoms. The van der Waals surface area contributed by atoms with Crippen molar-refractivity contribution in [2.75, 3.05) is 4.90 Å². The minimum absolute atomic E-state index is 0.845. The number of nitrogens with one attached hydrogen (secondary N) is 1. The molecule has 0 saturated heterocycles. The summed E-state index contributed by atoms with van der Waals surface area (Å²) in [6.45, 7) is 0.845. The molecular weight excluding hydrogens is 727 g/mol. The van der Waals surface area contributed by atoms with Gasteiger partial charge in [0.15, 0.2) is 0 Å². The van der Waals surface area contributed by atoms with E-state index in [9.17, 15) is 0 Å². The van der Waals surface area contributed by atoms with Crippen LogP contribution in [0.2, 0.25) is 0 Å². The standard InChI is InChI=1S/C57H39N3/c1-3-16-38(17-4-1)43-33-44(39-18-5-2-6-19-39)35-45(34-43)59-53-26-12-9-23-48(53)56-49-24-10-13-27-54(49)60(55-28-14-11-25-50(55)57(56)59)52-29-15-21-40-32-41(30-31-47(40)52)51-37-58-36-42-20-7-8-22-46(42)51/h1-35,37,58H,36H2. The predicted octanol–water partition coefficient (Wildman–Crippen LogP) is 14.7. The van der Waals surface area contributed by atoms with Crippen molar-refractivity contribution in [1.29, 1.82) is 0 Å². The van der Waals surface area contributed by atoms with E-state index in [1.165, 1.54) is 88.6 Å². The highest BCUT2D eigenvalue weighted by Gasteiger charge is 2.32. The molecule has 282 valence electrons. The largest absolute Gasteiger partial charge is 0.386 e. The fraction of sp³-hybridized carbons (Fsp3) is 0.0175. The van der Waals surface area contributed by atoms with Gasteiger partial charge in [-0.3, -0.25) is 0 Å². The van der Waals surface area contributed by atoms with Crippen LogP contribution in [0.25, 0.3) is 77.6 Å². The lowest BCUT2D eigenvalue weighted by molar-refractivity contribution is 0.853. The van der Waals surface area contributed by atoms with Crippen molar-refractivity contribution >= 4 is 44.3 Å². The molecule has 0 unspecified atom stereocenters. The molecule has 0 saturated carbocycles. The summed E-state index contributed by atoms with van der Waals surface area (Å²) in [4.78, 5) is 2.50. The average Bonchev–Trinajstić information content (AvgIpc) is 3.61. The van der Waals surface area contributed by atoms with Crippen molar-refractivity contribution < 1.29 is 0 Å². The Hall–Kier alpha value is -7.88. The van der Waals surface area contributed by atoms with Crippen LogP contribution in [0.1, 0.15) is 16.7 Å². The van der Waals surface area contributed by atoms with E-state index >= 15 is 0 Å². The van der Waals surface area contributed by atoms with Gasteiger partial charge < -0.3 is 14.8 Å². The van der Waals surface area contributed by atoms with Crippen LogP contribution in [-0.4, -0.2) is 4.57 Å². The van der Waals surface area contributed by atoms with Crippen molar-refractivity contribution in [3.8, 4) is 50.3 Å². The molecule has 12 rings (SSSR count). The topological polar surface area (TPSA) is 20.2 Å². The molecule has 0 amide bonds. The number of anilines is 3. The summed E-state index contributed by atoms with van der Waals surface area (Å²) in [5.41, 5.74) is 20.3. The molecule has 3 heteroatoms. The smallest absolute Gasteiger partial charge is 0.0641 e. The van der Waals surface area contributed by atoms with Crippen LogP contribution in [-0.2, 0) is 6.54 Å². The fourth-order valence-electron chi connectivity index (χ4n) is 9.65. The van der Waals surface area contributed by atoms with Crippen molar-refractivity contribution in [1.82, 2.24) is 9.88 Å². The Morgan fingerprint density at radius 1 is 0.400 bits per heavy atom. The van der Waals surface area contributed by atoms with E-state index < -0.39 is 0 Å². The van der Waals surface area contributed by atoms with E-state index in [-0.39, 0.29) is 0 Å². The Morgan fingerprint density at radius 2 is 1.02 bits per heavy atom. The van der Waals surface area contributed by atoms with Crippen molar-refractivity contribution in [3.05, 3.63) is 235 Å². The molecule has 10 aromatic rings. The second-order valence-electron chi connectivity index (χ2n) is 15.8. The first kappa shape index (κ1) is 34.2. The van der Waals surface area contributed by atoms with E-state index in [1.807, 2.05) is 0 Å². The number of nitrogens with zero attached hydrogens (tertiary/aromatic N) is 2. The maximum atomic E-state index is 3.52. The Morgan fingerprint density at radius 3 is 1.78 bits per heavy atom. The van der Waals surface area contributed by atoms with Gasteiger partial charge in [0.25, 0.3) is 0 Å². The van der Waals surface area contributed by atoms with Gasteiger partial charge in [0.05, 0.1) is 28.3 Å². The molecule has 0 radical (unpaired) electrons. The second kappa shape index (κ2) is 13.9. The van der Waals surface area contributed by atoms with Gasteiger partial charge in [0, 0.05) is 51.5 Å². The van der Waals surface area contributed by atoms with Crippen LogP contribution >= 0.6 is 0 Å². The zero-order valence-corrected chi connectivity index (χ0v) is 32.9. The summed E-state index contributed by atoms with van der Waals surface area (Å²) in [7, 11) is 0. The van der Waals surface area contributed by atoms with Gasteiger partial charge in [-0.1, -0.05) is 164 Å². The summed E-state index contributed by atoms with van der Waals surface area (Å²) >= 11 is 0. The van der Waals surface area contributed by atoms with E-state index in [4.69, 9.17) is 0 Å². The number of fused-ring (bicyclic) bond motifs is 9. The fourth-order valence-corrected chi connectivity index (χ4v) is 9.65. The summed E-state index contributed by atoms with van der Waals surface area (Å²) < 4.78 is 2.52. The van der Waals surface area contributed by atoms with Crippen LogP contribution in [0, 0.1) is 0 Å². The van der Waals surface area contributed by atoms with Gasteiger partial charge in [-0.2, -0.15) is 0 Å². The number of aromatic nitrogens is 1. The molecule has 3 nitrogen and oxygen atoms in total. The highest BCUT2D eigenvalue weighted by Crippen LogP contribution is 2.55. The van der Waals surface area contributed by atoms with Crippen molar-refractivity contribution in [2.45, 2.75) is 6.54 Å². The highest BCUT2D eigenvalue weighted by molar-refractivity contribution is 6.14. The maximum Gasteiger partial charge on any atom is 0.0641 e. The predicted molar refractivity (Wildman–Crippen MR) is 251 cm³/mol. The number of para-hydroxylation sites is 3. The SMILES string of the molecule is C1=C(c2ccc3c(N4c5ccccc5-c5c(n(-c6cc(-c7ccccc7)cc(-c7ccccc7)c6)c6ccccc56)-c5ccccc54)cccc3c2)c2ccccc2CN1. The van der Waals surface area contributed by atoms with E-state index in [2.05, 4.69) is 233 Å². The zero-order valence-electron chi connectivity index (χ0n) is 32.9. The molecule has 2 aliphatic heterocycles. The van der Waals surface area contributed by atoms with E-state index in [1.54, 1.807) is 0 Å². The van der Waals surface area contributed by atoms with Gasteiger partial charge in [0.1, 0.15) is 0 Å². The van der Waals surface area contributed by atoms with Gasteiger partial charge >= 0.3 is 0 Å². The minimum Gasteiger partial charge on any atom is -0.386 e. The third kappa shape index (κ3) is 5.44. The Labute approximate surface area is 349 Å². The lowest BCUT2D eigenvalue weighted by Gasteiger charge is -2.29. The molecule has 9 aromatic carbocycles. The van der Waals surface area contributed by atoms with Crippen LogP contribution in [0.15, 0.2) is 219 Å². The van der Waals surface area contributed by atoms with E-state index in [0.29, 0.717) is 0 Å². The number of hydrogen-bond acceptors (Lipinski definition) is 2. The molecule has 60 heavy (non-hydrogen) atoms. The second-order valence-corrected chi connectivity index (χ2v) is 15.8. The quantitative estimate of drug-likeness (QED) is 0.188. The minimum atomic E-state index is 0.845. The third-order valence-electron chi connectivity index (χ3n) is 12.3. The van der Waals surface area contributed by atoms with Gasteiger partial charge in [0.2, 0.25) is 0 Å². The zero-order chi connectivity index (χ0) is 39.6. The third-order valence-corrected chi connectivity index (χ3v) is 12.3. The number of hydrogen-bond donors (Lipinski definition) is 1. The molecule has 0 fully saturated rings. The molecular formula is C57H39N3. The van der Waals surface area contributed by atoms with Crippen LogP contribution in [0.4, 0.5) is 17.1 Å². The molecule has 1 aromatic heterocycles. The molecule has 1 N–H and O–H groups in total. The highest BCUT2D eigenvalue weighted by atomic mass is 15.2. The van der Waals surface area contributed by atoms with Crippen LogP contribution < -0.4 is 10.2 Å². The van der Waals surface area contributed by atoms with Crippen LogP contribution in [0.5, 0.6) is 0 Å². The summed E-state index contributed by atoms with van der Waals surface area (Å²) in [6, 6.07) is 77.9. The molecule has 0 atom stereocenters. The first-order valence-corrected chi connectivity index (χ1v) is 20.7. The Kier molecular flexibility index (Phi) is 7.92. The average molecular weight is 766 g/mol. The first-order chi connectivity index (χ1) is 29.8. The summed E-state index contributed by atoms with van der Waals surface area (Å²) in [6.07, 6.45) is 2.17. The van der Waals surface area contributed by atoms with Gasteiger partial charge in [-0.05, 0) is 92.9 Å². The monoisotopic (exact) mass is 765 g/mol. The molecule has 2 aliphatic rings. The van der Waals surface area contributed by atoms with Crippen molar-refractivity contribution in [2.24, 2.45) is 0 Å². The lowest BCUT2D eigenvalue weighted by atomic mass is 9.91. The first-order valence-electron chi connectivity index (χ1n) is 20.7.